The van der Waals surface area contributed by atoms with Crippen LogP contribution in [0.2, 0.25) is 0 Å². The number of hydrogen-bond donors (Lipinski definition) is 1. The van der Waals surface area contributed by atoms with Gasteiger partial charge in [-0.2, -0.15) is 0 Å². The largest absolute Gasteiger partial charge is 0.355 e. The molecule has 4 atom stereocenters. The summed E-state index contributed by atoms with van der Waals surface area (Å²) in [6.45, 7) is 2.20. The van der Waals surface area contributed by atoms with Gasteiger partial charge in [-0.15, -0.1) is 0 Å². The lowest BCUT2D eigenvalue weighted by Crippen LogP contribution is -2.28. The van der Waals surface area contributed by atoms with E-state index in [1.165, 1.54) is 75.9 Å². The van der Waals surface area contributed by atoms with Crippen molar-refractivity contribution in [1.82, 2.24) is 0 Å². The monoisotopic (exact) mass is 517 g/mol. The number of anilines is 2. The van der Waals surface area contributed by atoms with Crippen molar-refractivity contribution in [3.05, 3.63) is 155 Å². The van der Waals surface area contributed by atoms with Gasteiger partial charge < -0.3 is 5.32 Å². The molecular formula is C39H35N. The van der Waals surface area contributed by atoms with Gasteiger partial charge in [0.25, 0.3) is 0 Å². The van der Waals surface area contributed by atoms with Crippen LogP contribution in [-0.4, -0.2) is 0 Å². The Morgan fingerprint density at radius 2 is 1.40 bits per heavy atom. The molecule has 0 spiro atoms. The molecule has 5 aromatic carbocycles. The molecule has 0 radical (unpaired) electrons. The highest BCUT2D eigenvalue weighted by molar-refractivity contribution is 5.94. The summed E-state index contributed by atoms with van der Waals surface area (Å²) >= 11 is 0. The molecule has 3 aliphatic carbocycles. The highest BCUT2D eigenvalue weighted by Gasteiger charge is 2.47. The van der Waals surface area contributed by atoms with Gasteiger partial charge in [0, 0.05) is 16.9 Å². The number of aryl methyl sites for hydroxylation is 1. The summed E-state index contributed by atoms with van der Waals surface area (Å²) in [6, 6.07) is 45.3. The van der Waals surface area contributed by atoms with E-state index in [0.29, 0.717) is 0 Å². The molecule has 3 aliphatic rings. The van der Waals surface area contributed by atoms with Gasteiger partial charge in [0.2, 0.25) is 0 Å². The fourth-order valence-corrected chi connectivity index (χ4v) is 8.41. The summed E-state index contributed by atoms with van der Waals surface area (Å²) in [7, 11) is 0. The third-order valence-electron chi connectivity index (χ3n) is 10.1. The summed E-state index contributed by atoms with van der Waals surface area (Å²) < 4.78 is 0. The summed E-state index contributed by atoms with van der Waals surface area (Å²) in [4.78, 5) is 0. The van der Waals surface area contributed by atoms with Gasteiger partial charge in [-0.25, -0.2) is 0 Å². The second-order valence-corrected chi connectivity index (χ2v) is 12.3. The first-order valence-corrected chi connectivity index (χ1v) is 14.9. The molecule has 2 saturated carbocycles. The van der Waals surface area contributed by atoms with E-state index in [-0.39, 0.29) is 5.41 Å². The molecule has 0 heterocycles. The van der Waals surface area contributed by atoms with Crippen molar-refractivity contribution in [3.8, 4) is 11.1 Å². The van der Waals surface area contributed by atoms with Gasteiger partial charge in [-0.05, 0) is 95.5 Å². The molecule has 1 heteroatoms. The average Bonchev–Trinajstić information content (AvgIpc) is 3.71. The Kier molecular flexibility index (Phi) is 5.49. The number of nitrogens with one attached hydrogen (secondary N) is 1. The zero-order valence-electron chi connectivity index (χ0n) is 23.1. The van der Waals surface area contributed by atoms with Crippen LogP contribution in [0.5, 0.6) is 0 Å². The lowest BCUT2D eigenvalue weighted by Gasteiger charge is -2.34. The maximum atomic E-state index is 3.85. The lowest BCUT2D eigenvalue weighted by molar-refractivity contribution is 0.420. The number of hydrogen-bond acceptors (Lipinski definition) is 1. The first kappa shape index (κ1) is 23.8. The van der Waals surface area contributed by atoms with Gasteiger partial charge in [-0.3, -0.25) is 0 Å². The molecule has 0 aromatic heterocycles. The van der Waals surface area contributed by atoms with Gasteiger partial charge in [0.15, 0.2) is 0 Å². The molecule has 0 aliphatic heterocycles. The fraction of sp³-hybridized carbons (Fsp3) is 0.231. The number of rotatable bonds is 5. The lowest BCUT2D eigenvalue weighted by atomic mass is 9.67. The van der Waals surface area contributed by atoms with Crippen LogP contribution in [0, 0.1) is 18.8 Å². The van der Waals surface area contributed by atoms with E-state index in [4.69, 9.17) is 0 Å². The maximum absolute atomic E-state index is 3.85. The van der Waals surface area contributed by atoms with Crippen LogP contribution < -0.4 is 5.32 Å². The molecule has 196 valence electrons. The van der Waals surface area contributed by atoms with Crippen molar-refractivity contribution in [2.75, 3.05) is 5.32 Å². The standard InChI is InChI=1S/C39H35N/c1-26-9-7-12-31(23-26)39(30-10-3-2-4-11-30)35-14-6-5-13-33(35)38-36(39)15-8-16-37(38)40-32-21-19-28(20-22-32)34-25-27-17-18-29(34)24-27/h2-16,19-23,27,29,34,40H,17-18,24-25H2,1H3. The molecule has 0 amide bonds. The fourth-order valence-electron chi connectivity index (χ4n) is 8.41. The van der Waals surface area contributed by atoms with E-state index in [0.717, 1.165) is 23.4 Å². The summed E-state index contributed by atoms with van der Waals surface area (Å²) in [6.07, 6.45) is 5.72. The van der Waals surface area contributed by atoms with Crippen LogP contribution in [0.3, 0.4) is 0 Å². The first-order chi connectivity index (χ1) is 19.7. The molecule has 0 saturated heterocycles. The predicted octanol–water partition coefficient (Wildman–Crippen LogP) is 10.0. The molecule has 40 heavy (non-hydrogen) atoms. The van der Waals surface area contributed by atoms with Gasteiger partial charge in [0.1, 0.15) is 0 Å². The first-order valence-electron chi connectivity index (χ1n) is 14.9. The summed E-state index contributed by atoms with van der Waals surface area (Å²) in [5, 5.41) is 3.85. The van der Waals surface area contributed by atoms with Crippen molar-refractivity contribution in [3.63, 3.8) is 0 Å². The van der Waals surface area contributed by atoms with E-state index in [1.807, 2.05) is 0 Å². The van der Waals surface area contributed by atoms with Crippen LogP contribution in [0.15, 0.2) is 121 Å². The zero-order valence-corrected chi connectivity index (χ0v) is 23.1. The molecule has 5 aromatic rings. The van der Waals surface area contributed by atoms with E-state index in [2.05, 4.69) is 134 Å². The molecule has 4 unspecified atom stereocenters. The average molecular weight is 518 g/mol. The highest BCUT2D eigenvalue weighted by atomic mass is 14.9. The molecule has 1 N–H and O–H groups in total. The highest BCUT2D eigenvalue weighted by Crippen LogP contribution is 2.58. The van der Waals surface area contributed by atoms with Crippen molar-refractivity contribution >= 4 is 11.4 Å². The molecule has 2 bridgehead atoms. The normalized spacial score (nSPS) is 24.1. The smallest absolute Gasteiger partial charge is 0.0714 e. The Morgan fingerprint density at radius 3 is 2.17 bits per heavy atom. The van der Waals surface area contributed by atoms with Crippen molar-refractivity contribution in [2.45, 2.75) is 43.9 Å². The van der Waals surface area contributed by atoms with E-state index in [1.54, 1.807) is 0 Å². The predicted molar refractivity (Wildman–Crippen MR) is 166 cm³/mol. The van der Waals surface area contributed by atoms with E-state index < -0.39 is 0 Å². The van der Waals surface area contributed by atoms with Gasteiger partial charge >= 0.3 is 0 Å². The Morgan fingerprint density at radius 1 is 0.650 bits per heavy atom. The minimum absolute atomic E-state index is 0.372. The quantitative estimate of drug-likeness (QED) is 0.240. The van der Waals surface area contributed by atoms with Crippen LogP contribution in [0.4, 0.5) is 11.4 Å². The molecule has 8 rings (SSSR count). The molecule has 2 fully saturated rings. The zero-order chi connectivity index (χ0) is 26.7. The van der Waals surface area contributed by atoms with Gasteiger partial charge in [0.05, 0.1) is 5.41 Å². The third-order valence-corrected chi connectivity index (χ3v) is 10.1. The van der Waals surface area contributed by atoms with Crippen LogP contribution in [0.1, 0.15) is 65.0 Å². The maximum Gasteiger partial charge on any atom is 0.0714 e. The Bertz CT molecular complexity index is 1700. The van der Waals surface area contributed by atoms with E-state index in [9.17, 15) is 0 Å². The minimum Gasteiger partial charge on any atom is -0.355 e. The van der Waals surface area contributed by atoms with Crippen molar-refractivity contribution < 1.29 is 0 Å². The second kappa shape index (κ2) is 9.24. The third kappa shape index (κ3) is 3.53. The molecule has 1 nitrogen and oxygen atoms in total. The van der Waals surface area contributed by atoms with Crippen LogP contribution >= 0.6 is 0 Å². The number of fused-ring (bicyclic) bond motifs is 5. The van der Waals surface area contributed by atoms with Crippen LogP contribution in [-0.2, 0) is 5.41 Å². The van der Waals surface area contributed by atoms with E-state index >= 15 is 0 Å². The SMILES string of the molecule is Cc1cccc(C2(c3ccccc3)c3ccccc3-c3c(Nc4ccc(C5CC6CCC5C6)cc4)cccc32)c1. The Balaban J connectivity index is 1.26. The molecular weight excluding hydrogens is 482 g/mol. The van der Waals surface area contributed by atoms with Crippen molar-refractivity contribution in [2.24, 2.45) is 11.8 Å². The Hall–Kier alpha value is -4.10. The van der Waals surface area contributed by atoms with Crippen LogP contribution in [0.25, 0.3) is 11.1 Å². The Labute approximate surface area is 237 Å². The summed E-state index contributed by atoms with van der Waals surface area (Å²) in [5.41, 5.74) is 12.7. The second-order valence-electron chi connectivity index (χ2n) is 12.3. The van der Waals surface area contributed by atoms with Crippen molar-refractivity contribution in [1.29, 1.82) is 0 Å². The van der Waals surface area contributed by atoms with Gasteiger partial charge in [-0.1, -0.05) is 115 Å². The minimum atomic E-state index is -0.372. The summed E-state index contributed by atoms with van der Waals surface area (Å²) in [5.74, 6) is 2.64. The topological polar surface area (TPSA) is 12.0 Å². The number of benzene rings is 5.